The highest BCUT2D eigenvalue weighted by atomic mass is 16.1. The summed E-state index contributed by atoms with van der Waals surface area (Å²) in [5, 5.41) is 2.92. The first-order chi connectivity index (χ1) is 9.61. The van der Waals surface area contributed by atoms with E-state index in [1.807, 2.05) is 0 Å². The van der Waals surface area contributed by atoms with E-state index >= 15 is 0 Å². The molecule has 0 radical (unpaired) electrons. The lowest BCUT2D eigenvalue weighted by Gasteiger charge is -2.31. The number of carbonyl (C=O) groups is 1. The molecule has 0 aromatic carbocycles. The topological polar surface area (TPSA) is 98.3 Å². The van der Waals surface area contributed by atoms with E-state index in [0.29, 0.717) is 19.5 Å². The highest BCUT2D eigenvalue weighted by molar-refractivity contribution is 5.76. The van der Waals surface area contributed by atoms with Gasteiger partial charge in [-0.25, -0.2) is 0 Å². The van der Waals surface area contributed by atoms with Crippen LogP contribution in [-0.2, 0) is 4.79 Å². The molecule has 6 N–H and O–H groups in total. The summed E-state index contributed by atoms with van der Waals surface area (Å²) in [5.74, 6) is 1.25. The van der Waals surface area contributed by atoms with E-state index in [-0.39, 0.29) is 11.9 Å². The van der Waals surface area contributed by atoms with Gasteiger partial charge in [0.25, 0.3) is 0 Å². The molecular formula is C14H30N5O+. The highest BCUT2D eigenvalue weighted by Gasteiger charge is 2.17. The van der Waals surface area contributed by atoms with Crippen LogP contribution in [0.4, 0.5) is 0 Å². The van der Waals surface area contributed by atoms with Gasteiger partial charge < -0.3 is 10.2 Å². The maximum absolute atomic E-state index is 11.7. The van der Waals surface area contributed by atoms with Gasteiger partial charge in [0.05, 0.1) is 6.54 Å². The molecule has 0 saturated carbocycles. The molecule has 0 aromatic heterocycles. The number of nitrogens with one attached hydrogen (secondary N) is 2. The van der Waals surface area contributed by atoms with Crippen LogP contribution >= 0.6 is 0 Å². The first kappa shape index (κ1) is 16.8. The molecule has 0 unspecified atom stereocenters. The van der Waals surface area contributed by atoms with Gasteiger partial charge in [-0.15, -0.1) is 0 Å². The Labute approximate surface area is 122 Å². The Morgan fingerprint density at radius 2 is 2.05 bits per heavy atom. The molecule has 6 nitrogen and oxygen atoms in total. The summed E-state index contributed by atoms with van der Waals surface area (Å²) >= 11 is 0. The summed E-state index contributed by atoms with van der Waals surface area (Å²) in [6, 6.07) is 0. The zero-order valence-electron chi connectivity index (χ0n) is 12.7. The predicted octanol–water partition coefficient (Wildman–Crippen LogP) is -1.64. The molecule has 1 aliphatic rings. The van der Waals surface area contributed by atoms with Gasteiger partial charge in [0, 0.05) is 19.5 Å². The van der Waals surface area contributed by atoms with Gasteiger partial charge in [-0.1, -0.05) is 13.3 Å². The number of rotatable bonds is 8. The first-order valence-corrected chi connectivity index (χ1v) is 7.72. The lowest BCUT2D eigenvalue weighted by Crippen LogP contribution is -2.78. The summed E-state index contributed by atoms with van der Waals surface area (Å²) in [6.45, 7) is 6.77. The van der Waals surface area contributed by atoms with Crippen LogP contribution in [0.2, 0.25) is 0 Å². The Bertz CT molecular complexity index is 307. The van der Waals surface area contributed by atoms with Gasteiger partial charge in [0.1, 0.15) is 0 Å². The summed E-state index contributed by atoms with van der Waals surface area (Å²) in [4.78, 5) is 16.9. The Kier molecular flexibility index (Phi) is 8.02. The van der Waals surface area contributed by atoms with E-state index in [2.05, 4.69) is 22.1 Å². The second-order valence-corrected chi connectivity index (χ2v) is 5.53. The maximum Gasteiger partial charge on any atom is 0.338 e. The lowest BCUT2D eigenvalue weighted by atomic mass is 9.94. The fourth-order valence-electron chi connectivity index (χ4n) is 2.52. The number of guanidine groups is 1. The summed E-state index contributed by atoms with van der Waals surface area (Å²) in [7, 11) is 0. The third-order valence-corrected chi connectivity index (χ3v) is 3.94. The van der Waals surface area contributed by atoms with E-state index in [9.17, 15) is 4.79 Å². The highest BCUT2D eigenvalue weighted by Crippen LogP contribution is 2.19. The molecule has 6 heteroatoms. The summed E-state index contributed by atoms with van der Waals surface area (Å²) in [6.07, 6.45) is 5.26. The number of hydrogen-bond donors (Lipinski definition) is 4. The molecular weight excluding hydrogens is 254 g/mol. The van der Waals surface area contributed by atoms with Crippen LogP contribution in [0.15, 0.2) is 0 Å². The van der Waals surface area contributed by atoms with Crippen molar-refractivity contribution in [3.63, 3.8) is 0 Å². The number of amides is 1. The minimum Gasteiger partial charge on any atom is -0.356 e. The minimum atomic E-state index is 0.132. The molecule has 1 saturated heterocycles. The molecule has 1 aliphatic heterocycles. The number of nitrogens with zero attached hydrogens (tertiary/aromatic N) is 1. The third kappa shape index (κ3) is 7.33. The van der Waals surface area contributed by atoms with Crippen molar-refractivity contribution < 1.29 is 9.79 Å². The molecule has 0 aromatic rings. The molecule has 1 fully saturated rings. The Morgan fingerprint density at radius 3 is 2.65 bits per heavy atom. The van der Waals surface area contributed by atoms with Crippen LogP contribution in [0.25, 0.3) is 0 Å². The monoisotopic (exact) mass is 284 g/mol. The van der Waals surface area contributed by atoms with Gasteiger partial charge in [-0.3, -0.25) is 21.3 Å². The molecule has 0 atom stereocenters. The molecule has 1 amide bonds. The van der Waals surface area contributed by atoms with Crippen LogP contribution in [-0.4, -0.2) is 49.5 Å². The van der Waals surface area contributed by atoms with Crippen LogP contribution < -0.4 is 21.8 Å². The average Bonchev–Trinajstić information content (AvgIpc) is 2.45. The zero-order chi connectivity index (χ0) is 14.8. The quantitative estimate of drug-likeness (QED) is 0.244. The molecule has 116 valence electrons. The summed E-state index contributed by atoms with van der Waals surface area (Å²) < 4.78 is 0. The smallest absolute Gasteiger partial charge is 0.338 e. The zero-order valence-corrected chi connectivity index (χ0v) is 12.7. The van der Waals surface area contributed by atoms with Crippen molar-refractivity contribution in [3.05, 3.63) is 0 Å². The van der Waals surface area contributed by atoms with Crippen molar-refractivity contribution >= 4 is 11.9 Å². The van der Waals surface area contributed by atoms with Crippen LogP contribution in [0, 0.1) is 5.92 Å². The second-order valence-electron chi connectivity index (χ2n) is 5.53. The van der Waals surface area contributed by atoms with E-state index in [1.54, 1.807) is 0 Å². The molecule has 0 aliphatic carbocycles. The van der Waals surface area contributed by atoms with Crippen LogP contribution in [0.5, 0.6) is 0 Å². The number of likely N-dealkylation sites (tertiary alicyclic amines) is 1. The van der Waals surface area contributed by atoms with E-state index in [1.165, 1.54) is 19.3 Å². The standard InChI is InChI=1S/C14H29N5O/c1-2-12-4-9-19(10-5-12)11-6-13(20)17-7-3-8-18-14(15)16/h12H,2-11H2,1H3,(H,17,20)(H4,15,16,18)/p+1. The normalized spacial score (nSPS) is 16.9. The SMILES string of the molecule is CCC1CCN(CCC(=O)NCCC[NH+]=C(N)N)CC1. The first-order valence-electron chi connectivity index (χ1n) is 7.72. The molecule has 0 spiro atoms. The Hall–Kier alpha value is -1.30. The lowest BCUT2D eigenvalue weighted by molar-refractivity contribution is -0.459. The predicted molar refractivity (Wildman–Crippen MR) is 80.9 cm³/mol. The fourth-order valence-corrected chi connectivity index (χ4v) is 2.52. The van der Waals surface area contributed by atoms with E-state index < -0.39 is 0 Å². The van der Waals surface area contributed by atoms with Gasteiger partial charge in [-0.05, 0) is 38.3 Å². The van der Waals surface area contributed by atoms with Crippen LogP contribution in [0.1, 0.15) is 39.0 Å². The second kappa shape index (κ2) is 9.58. The van der Waals surface area contributed by atoms with Crippen molar-refractivity contribution in [1.82, 2.24) is 10.2 Å². The fraction of sp³-hybridized carbons (Fsp3) is 0.857. The van der Waals surface area contributed by atoms with Gasteiger partial charge in [-0.2, -0.15) is 0 Å². The van der Waals surface area contributed by atoms with Crippen LogP contribution in [0.3, 0.4) is 0 Å². The summed E-state index contributed by atoms with van der Waals surface area (Å²) in [5.41, 5.74) is 10.5. The molecule has 20 heavy (non-hydrogen) atoms. The van der Waals surface area contributed by atoms with Crippen molar-refractivity contribution in [2.75, 3.05) is 32.7 Å². The largest absolute Gasteiger partial charge is 0.356 e. The Balaban J connectivity index is 2.01. The average molecular weight is 284 g/mol. The van der Waals surface area contributed by atoms with E-state index in [0.717, 1.165) is 32.0 Å². The molecule has 0 bridgehead atoms. The minimum absolute atomic E-state index is 0.132. The number of carbonyl (C=O) groups excluding carboxylic acids is 1. The molecule has 1 rings (SSSR count). The van der Waals surface area contributed by atoms with Gasteiger partial charge in [0.2, 0.25) is 5.91 Å². The number of nitrogens with two attached hydrogens (primary N) is 2. The van der Waals surface area contributed by atoms with Crippen molar-refractivity contribution in [2.45, 2.75) is 39.0 Å². The van der Waals surface area contributed by atoms with Crippen molar-refractivity contribution in [2.24, 2.45) is 17.4 Å². The number of hydrogen-bond acceptors (Lipinski definition) is 2. The van der Waals surface area contributed by atoms with Gasteiger partial charge in [0.15, 0.2) is 0 Å². The maximum atomic E-state index is 11.7. The van der Waals surface area contributed by atoms with Gasteiger partial charge >= 0.3 is 5.96 Å². The number of piperidine rings is 1. The Morgan fingerprint density at radius 1 is 1.35 bits per heavy atom. The van der Waals surface area contributed by atoms with E-state index in [4.69, 9.17) is 11.5 Å². The van der Waals surface area contributed by atoms with Crippen molar-refractivity contribution in [1.29, 1.82) is 0 Å². The van der Waals surface area contributed by atoms with Crippen molar-refractivity contribution in [3.8, 4) is 0 Å². The molecule has 1 heterocycles. The third-order valence-electron chi connectivity index (χ3n) is 3.94.